The number of nitro benzene ring substituents is 1. The first-order valence-electron chi connectivity index (χ1n) is 7.64. The summed E-state index contributed by atoms with van der Waals surface area (Å²) in [5, 5.41) is 10.0. The fourth-order valence-electron chi connectivity index (χ4n) is 2.37. The Hall–Kier alpha value is -3.33. The second-order valence-corrected chi connectivity index (χ2v) is 6.51. The molecule has 1 saturated heterocycles. The minimum Gasteiger partial charge on any atom is -0.292 e. The van der Waals surface area contributed by atoms with E-state index in [4.69, 9.17) is 0 Å². The molecule has 0 bridgehead atoms. The number of halogens is 1. The molecule has 136 valence electrons. The lowest BCUT2D eigenvalue weighted by Gasteiger charge is -2.11. The molecule has 1 fully saturated rings. The van der Waals surface area contributed by atoms with E-state index in [9.17, 15) is 28.9 Å². The molecule has 1 aliphatic heterocycles. The Bertz CT molecular complexity index is 988. The van der Waals surface area contributed by atoms with Crippen LogP contribution in [0.5, 0.6) is 0 Å². The summed E-state index contributed by atoms with van der Waals surface area (Å²) in [6.07, 6.45) is 1.26. The number of imide groups is 1. The van der Waals surface area contributed by atoms with E-state index < -0.39 is 34.2 Å². The van der Waals surface area contributed by atoms with Gasteiger partial charge >= 0.3 is 0 Å². The van der Waals surface area contributed by atoms with E-state index in [1.807, 2.05) is 0 Å². The lowest BCUT2D eigenvalue weighted by molar-refractivity contribution is -0.384. The predicted molar refractivity (Wildman–Crippen MR) is 96.5 cm³/mol. The molecule has 2 amide bonds. The zero-order valence-electron chi connectivity index (χ0n) is 13.6. The largest absolute Gasteiger partial charge is 0.293 e. The summed E-state index contributed by atoms with van der Waals surface area (Å²) in [6.45, 7) is -0.503. The number of Topliss-reactive ketones (excluding diaryl/α,β-unsaturated/α-hetero) is 1. The molecule has 9 heteroatoms. The van der Waals surface area contributed by atoms with E-state index in [-0.39, 0.29) is 21.7 Å². The summed E-state index contributed by atoms with van der Waals surface area (Å²) in [5.74, 6) is -1.77. The van der Waals surface area contributed by atoms with Crippen LogP contribution in [-0.4, -0.2) is 33.3 Å². The molecule has 27 heavy (non-hydrogen) atoms. The molecule has 0 atom stereocenters. The number of nitro groups is 1. The molecule has 0 spiro atoms. The highest BCUT2D eigenvalue weighted by Gasteiger charge is 2.36. The molecule has 2 aromatic rings. The number of amides is 2. The summed E-state index contributed by atoms with van der Waals surface area (Å²) in [7, 11) is 0. The molecule has 3 rings (SSSR count). The number of carbonyl (C=O) groups is 3. The van der Waals surface area contributed by atoms with Gasteiger partial charge in [0.2, 0.25) is 0 Å². The van der Waals surface area contributed by atoms with Crippen molar-refractivity contribution in [3.63, 3.8) is 0 Å². The van der Waals surface area contributed by atoms with Crippen LogP contribution in [0.3, 0.4) is 0 Å². The fourth-order valence-corrected chi connectivity index (χ4v) is 3.20. The van der Waals surface area contributed by atoms with Crippen molar-refractivity contribution >= 4 is 40.5 Å². The first-order valence-corrected chi connectivity index (χ1v) is 8.46. The first-order chi connectivity index (χ1) is 12.9. The molecule has 0 radical (unpaired) electrons. The minimum atomic E-state index is -0.691. The molecule has 7 nitrogen and oxygen atoms in total. The first kappa shape index (κ1) is 18.5. The van der Waals surface area contributed by atoms with E-state index in [1.165, 1.54) is 48.5 Å². The third kappa shape index (κ3) is 3.93. The van der Waals surface area contributed by atoms with Gasteiger partial charge in [-0.2, -0.15) is 0 Å². The highest BCUT2D eigenvalue weighted by molar-refractivity contribution is 8.18. The average Bonchev–Trinajstić information content (AvgIpc) is 2.91. The standard InChI is InChI=1S/C18H11FN2O5S/c19-14-4-2-1-3-12(14)9-16-17(23)20(18(24)27-16)10-15(22)11-5-7-13(8-6-11)21(25)26/h1-9H,10H2/b16-9+. The number of carbonyl (C=O) groups excluding carboxylic acids is 3. The van der Waals surface area contributed by atoms with Crippen LogP contribution < -0.4 is 0 Å². The number of rotatable bonds is 5. The fraction of sp³-hybridized carbons (Fsp3) is 0.0556. The molecular formula is C18H11FN2O5S. The van der Waals surface area contributed by atoms with Crippen LogP contribution >= 0.6 is 11.8 Å². The van der Waals surface area contributed by atoms with Gasteiger partial charge in [0.05, 0.1) is 16.4 Å². The molecule has 2 aromatic carbocycles. The van der Waals surface area contributed by atoms with Crippen molar-refractivity contribution in [3.05, 3.63) is 80.5 Å². The van der Waals surface area contributed by atoms with E-state index in [0.717, 1.165) is 4.90 Å². The number of ketones is 1. The van der Waals surface area contributed by atoms with Crippen LogP contribution in [0.4, 0.5) is 14.9 Å². The normalized spacial score (nSPS) is 15.4. The van der Waals surface area contributed by atoms with E-state index in [2.05, 4.69) is 0 Å². The maximum Gasteiger partial charge on any atom is 0.293 e. The van der Waals surface area contributed by atoms with Gasteiger partial charge in [-0.15, -0.1) is 0 Å². The zero-order chi connectivity index (χ0) is 19.6. The second-order valence-electron chi connectivity index (χ2n) is 5.52. The van der Waals surface area contributed by atoms with Crippen molar-refractivity contribution in [2.24, 2.45) is 0 Å². The van der Waals surface area contributed by atoms with Gasteiger partial charge < -0.3 is 0 Å². The lowest BCUT2D eigenvalue weighted by Crippen LogP contribution is -2.33. The number of nitrogens with zero attached hydrogens (tertiary/aromatic N) is 2. The predicted octanol–water partition coefficient (Wildman–Crippen LogP) is 3.65. The zero-order valence-corrected chi connectivity index (χ0v) is 14.4. The second kappa shape index (κ2) is 7.50. The number of benzene rings is 2. The average molecular weight is 386 g/mol. The molecule has 1 aliphatic rings. The molecule has 1 heterocycles. The monoisotopic (exact) mass is 386 g/mol. The molecule has 0 aromatic heterocycles. The third-order valence-electron chi connectivity index (χ3n) is 3.77. The Balaban J connectivity index is 1.76. The Morgan fingerprint density at radius 1 is 1.15 bits per heavy atom. The number of non-ortho nitro benzene ring substituents is 1. The number of thioether (sulfide) groups is 1. The SMILES string of the molecule is O=C(CN1C(=O)S/C(=C/c2ccccc2F)C1=O)c1ccc([N+](=O)[O-])cc1. The van der Waals surface area contributed by atoms with Crippen molar-refractivity contribution in [1.82, 2.24) is 4.90 Å². The highest BCUT2D eigenvalue weighted by Crippen LogP contribution is 2.32. The van der Waals surface area contributed by atoms with Crippen molar-refractivity contribution in [2.75, 3.05) is 6.54 Å². The van der Waals surface area contributed by atoms with Crippen LogP contribution in [0.2, 0.25) is 0 Å². The van der Waals surface area contributed by atoms with E-state index in [0.29, 0.717) is 11.8 Å². The molecule has 0 N–H and O–H groups in total. The van der Waals surface area contributed by atoms with Crippen LogP contribution in [0.1, 0.15) is 15.9 Å². The lowest BCUT2D eigenvalue weighted by atomic mass is 10.1. The molecule has 0 unspecified atom stereocenters. The van der Waals surface area contributed by atoms with Gasteiger partial charge in [-0.25, -0.2) is 4.39 Å². The van der Waals surface area contributed by atoms with Gasteiger partial charge in [-0.05, 0) is 36.0 Å². The van der Waals surface area contributed by atoms with Gasteiger partial charge in [-0.1, -0.05) is 18.2 Å². The van der Waals surface area contributed by atoms with Gasteiger partial charge in [0, 0.05) is 23.3 Å². The topological polar surface area (TPSA) is 97.6 Å². The maximum atomic E-state index is 13.7. The number of hydrogen-bond donors (Lipinski definition) is 0. The Morgan fingerprint density at radius 2 is 1.81 bits per heavy atom. The summed E-state index contributed by atoms with van der Waals surface area (Å²) in [6, 6.07) is 10.6. The van der Waals surface area contributed by atoms with E-state index in [1.54, 1.807) is 6.07 Å². The maximum absolute atomic E-state index is 13.7. The van der Waals surface area contributed by atoms with Gasteiger partial charge in [-0.3, -0.25) is 29.4 Å². The summed E-state index contributed by atoms with van der Waals surface area (Å²) >= 11 is 0.619. The minimum absolute atomic E-state index is 0.0154. The Kier molecular flexibility index (Phi) is 5.13. The van der Waals surface area contributed by atoms with Gasteiger partial charge in [0.15, 0.2) is 5.78 Å². The molecule has 0 aliphatic carbocycles. The third-order valence-corrected chi connectivity index (χ3v) is 4.67. The summed E-state index contributed by atoms with van der Waals surface area (Å²) in [5.41, 5.74) is 0.118. The van der Waals surface area contributed by atoms with E-state index >= 15 is 0 Å². The Labute approximate surface area is 156 Å². The smallest absolute Gasteiger partial charge is 0.292 e. The number of hydrogen-bond acceptors (Lipinski definition) is 6. The van der Waals surface area contributed by atoms with Gasteiger partial charge in [0.25, 0.3) is 16.8 Å². The van der Waals surface area contributed by atoms with Gasteiger partial charge in [0.1, 0.15) is 5.82 Å². The van der Waals surface area contributed by atoms with Crippen molar-refractivity contribution < 1.29 is 23.7 Å². The quantitative estimate of drug-likeness (QED) is 0.337. The van der Waals surface area contributed by atoms with Crippen LogP contribution in [0, 0.1) is 15.9 Å². The molecular weight excluding hydrogens is 375 g/mol. The molecule has 0 saturated carbocycles. The van der Waals surface area contributed by atoms with Crippen molar-refractivity contribution in [1.29, 1.82) is 0 Å². The van der Waals surface area contributed by atoms with Crippen LogP contribution in [0.15, 0.2) is 53.4 Å². The van der Waals surface area contributed by atoms with Crippen LogP contribution in [0.25, 0.3) is 6.08 Å². The Morgan fingerprint density at radius 3 is 2.44 bits per heavy atom. The van der Waals surface area contributed by atoms with Crippen LogP contribution in [-0.2, 0) is 4.79 Å². The van der Waals surface area contributed by atoms with Crippen molar-refractivity contribution in [2.45, 2.75) is 0 Å². The summed E-state index contributed by atoms with van der Waals surface area (Å²) in [4.78, 5) is 47.6. The highest BCUT2D eigenvalue weighted by atomic mass is 32.2. The van der Waals surface area contributed by atoms with Crippen molar-refractivity contribution in [3.8, 4) is 0 Å². The summed E-state index contributed by atoms with van der Waals surface area (Å²) < 4.78 is 13.7.